The zero-order chi connectivity index (χ0) is 11.5. The second-order valence-corrected chi connectivity index (χ2v) is 3.35. The zero-order valence-electron chi connectivity index (χ0n) is 7.59. The summed E-state index contributed by atoms with van der Waals surface area (Å²) in [4.78, 5) is 14.8. The van der Waals surface area contributed by atoms with E-state index in [1.54, 1.807) is 0 Å². The molecule has 7 heteroatoms. The molecule has 0 radical (unpaired) electrons. The zero-order valence-corrected chi connectivity index (χ0v) is 8.35. The van der Waals surface area contributed by atoms with Crippen molar-refractivity contribution in [3.8, 4) is 0 Å². The van der Waals surface area contributed by atoms with Gasteiger partial charge in [-0.25, -0.2) is 4.98 Å². The summed E-state index contributed by atoms with van der Waals surface area (Å²) in [5.74, 6) is 0. The van der Waals surface area contributed by atoms with Crippen molar-refractivity contribution in [1.29, 1.82) is 0 Å². The van der Waals surface area contributed by atoms with Gasteiger partial charge in [-0.3, -0.25) is 9.36 Å². The normalized spacial score (nSPS) is 11.7. The first-order valence-electron chi connectivity index (χ1n) is 4.17. The van der Waals surface area contributed by atoms with Crippen molar-refractivity contribution < 1.29 is 13.2 Å². The number of alkyl halides is 3. The summed E-state index contributed by atoms with van der Waals surface area (Å²) in [5, 5.41) is 0.0343. The maximum atomic E-state index is 11.8. The summed E-state index contributed by atoms with van der Waals surface area (Å²) < 4.78 is 36.5. The molecule has 1 heterocycles. The van der Waals surface area contributed by atoms with Crippen molar-refractivity contribution in [3.63, 3.8) is 0 Å². The molecule has 0 aromatic carbocycles. The summed E-state index contributed by atoms with van der Waals surface area (Å²) in [6.07, 6.45) is -4.11. The van der Waals surface area contributed by atoms with Crippen molar-refractivity contribution in [2.75, 3.05) is 0 Å². The molecule has 0 aliphatic rings. The molecular formula is C8H8ClF3N2O. The Labute approximate surface area is 88.5 Å². The summed E-state index contributed by atoms with van der Waals surface area (Å²) in [6, 6.07) is 1.06. The SMILES string of the molecule is O=c1cc(Cl)ncn1CCCC(F)(F)F. The quantitative estimate of drug-likeness (QED) is 0.760. The van der Waals surface area contributed by atoms with Crippen LogP contribution in [0.1, 0.15) is 12.8 Å². The van der Waals surface area contributed by atoms with E-state index in [0.29, 0.717) is 0 Å². The standard InChI is InChI=1S/C8H8ClF3N2O/c9-6-4-7(15)14(5-13-6)3-1-2-8(10,11)12/h4-5H,1-3H2. The van der Waals surface area contributed by atoms with Crippen LogP contribution in [-0.4, -0.2) is 15.7 Å². The number of hydrogen-bond donors (Lipinski definition) is 0. The molecule has 15 heavy (non-hydrogen) atoms. The first-order chi connectivity index (χ1) is 6.88. The molecule has 0 unspecified atom stereocenters. The molecule has 0 saturated heterocycles. The minimum absolute atomic E-state index is 0.0114. The molecule has 0 atom stereocenters. The number of halogens is 4. The number of aromatic nitrogens is 2. The molecule has 0 N–H and O–H groups in total. The third kappa shape index (κ3) is 4.33. The Morgan fingerprint density at radius 3 is 2.67 bits per heavy atom. The van der Waals surface area contributed by atoms with E-state index in [1.807, 2.05) is 0 Å². The van der Waals surface area contributed by atoms with E-state index in [9.17, 15) is 18.0 Å². The Balaban J connectivity index is 2.55. The van der Waals surface area contributed by atoms with Crippen LogP contribution in [-0.2, 0) is 6.54 Å². The molecule has 84 valence electrons. The van der Waals surface area contributed by atoms with Crippen LogP contribution in [0.5, 0.6) is 0 Å². The Hall–Kier alpha value is -1.04. The van der Waals surface area contributed by atoms with Gasteiger partial charge < -0.3 is 0 Å². The van der Waals surface area contributed by atoms with Crippen LogP contribution in [0.25, 0.3) is 0 Å². The molecule has 0 bridgehead atoms. The monoisotopic (exact) mass is 240 g/mol. The lowest BCUT2D eigenvalue weighted by Crippen LogP contribution is -2.20. The molecule has 1 aromatic rings. The van der Waals surface area contributed by atoms with Gasteiger partial charge in [0.1, 0.15) is 5.15 Å². The number of nitrogens with zero attached hydrogens (tertiary/aromatic N) is 2. The van der Waals surface area contributed by atoms with E-state index in [1.165, 1.54) is 0 Å². The van der Waals surface area contributed by atoms with Crippen molar-refractivity contribution in [1.82, 2.24) is 9.55 Å². The highest BCUT2D eigenvalue weighted by atomic mass is 35.5. The van der Waals surface area contributed by atoms with Crippen LogP contribution in [0.15, 0.2) is 17.2 Å². The molecule has 1 rings (SSSR count). The molecule has 0 spiro atoms. The van der Waals surface area contributed by atoms with E-state index in [-0.39, 0.29) is 18.1 Å². The van der Waals surface area contributed by atoms with Crippen LogP contribution in [0.3, 0.4) is 0 Å². The van der Waals surface area contributed by atoms with Crippen LogP contribution in [0.2, 0.25) is 5.15 Å². The van der Waals surface area contributed by atoms with Gasteiger partial charge in [0.05, 0.1) is 6.33 Å². The van der Waals surface area contributed by atoms with Crippen LogP contribution in [0, 0.1) is 0 Å². The third-order valence-electron chi connectivity index (χ3n) is 1.71. The topological polar surface area (TPSA) is 34.9 Å². The summed E-state index contributed by atoms with van der Waals surface area (Å²) in [5.41, 5.74) is -0.447. The predicted molar refractivity (Wildman–Crippen MR) is 48.8 cm³/mol. The molecule has 3 nitrogen and oxygen atoms in total. The van der Waals surface area contributed by atoms with Gasteiger partial charge in [-0.15, -0.1) is 0 Å². The lowest BCUT2D eigenvalue weighted by atomic mass is 10.3. The smallest absolute Gasteiger partial charge is 0.299 e. The molecular weight excluding hydrogens is 233 g/mol. The Bertz CT molecular complexity index is 388. The van der Waals surface area contributed by atoms with Gasteiger partial charge in [-0.05, 0) is 6.42 Å². The minimum Gasteiger partial charge on any atom is -0.299 e. The summed E-state index contributed by atoms with van der Waals surface area (Å²) in [7, 11) is 0. The second-order valence-electron chi connectivity index (χ2n) is 2.96. The van der Waals surface area contributed by atoms with E-state index in [4.69, 9.17) is 11.6 Å². The van der Waals surface area contributed by atoms with Crippen molar-refractivity contribution >= 4 is 11.6 Å². The van der Waals surface area contributed by atoms with Gasteiger partial charge in [0.15, 0.2) is 0 Å². The van der Waals surface area contributed by atoms with E-state index in [0.717, 1.165) is 17.0 Å². The van der Waals surface area contributed by atoms with E-state index < -0.39 is 18.2 Å². The van der Waals surface area contributed by atoms with Crippen LogP contribution >= 0.6 is 11.6 Å². The molecule has 1 aromatic heterocycles. The highest BCUT2D eigenvalue weighted by molar-refractivity contribution is 6.29. The molecule has 0 aliphatic heterocycles. The highest BCUT2D eigenvalue weighted by Gasteiger charge is 2.26. The van der Waals surface area contributed by atoms with E-state index >= 15 is 0 Å². The largest absolute Gasteiger partial charge is 0.389 e. The first kappa shape index (κ1) is 12.0. The van der Waals surface area contributed by atoms with Gasteiger partial charge in [-0.1, -0.05) is 11.6 Å². The van der Waals surface area contributed by atoms with Crippen molar-refractivity contribution in [3.05, 3.63) is 27.9 Å². The molecule has 0 amide bonds. The van der Waals surface area contributed by atoms with Gasteiger partial charge >= 0.3 is 6.18 Å². The average Bonchev–Trinajstić information content (AvgIpc) is 2.07. The number of hydrogen-bond acceptors (Lipinski definition) is 2. The fraction of sp³-hybridized carbons (Fsp3) is 0.500. The van der Waals surface area contributed by atoms with Crippen LogP contribution in [0.4, 0.5) is 13.2 Å². The first-order valence-corrected chi connectivity index (χ1v) is 4.55. The molecule has 0 aliphatic carbocycles. The number of aryl methyl sites for hydroxylation is 1. The Morgan fingerprint density at radius 2 is 2.13 bits per heavy atom. The third-order valence-corrected chi connectivity index (χ3v) is 1.91. The van der Waals surface area contributed by atoms with Crippen LogP contribution < -0.4 is 5.56 Å². The maximum absolute atomic E-state index is 11.8. The second kappa shape index (κ2) is 4.65. The summed E-state index contributed by atoms with van der Waals surface area (Å²) >= 11 is 5.42. The highest BCUT2D eigenvalue weighted by Crippen LogP contribution is 2.21. The maximum Gasteiger partial charge on any atom is 0.389 e. The van der Waals surface area contributed by atoms with Gasteiger partial charge in [-0.2, -0.15) is 13.2 Å². The van der Waals surface area contributed by atoms with Gasteiger partial charge in [0.25, 0.3) is 5.56 Å². The molecule has 0 saturated carbocycles. The lowest BCUT2D eigenvalue weighted by Gasteiger charge is -2.07. The van der Waals surface area contributed by atoms with E-state index in [2.05, 4.69) is 4.98 Å². The number of rotatable bonds is 3. The lowest BCUT2D eigenvalue weighted by molar-refractivity contribution is -0.135. The van der Waals surface area contributed by atoms with Gasteiger partial charge in [0.2, 0.25) is 0 Å². The Kier molecular flexibility index (Phi) is 3.73. The van der Waals surface area contributed by atoms with Crippen molar-refractivity contribution in [2.24, 2.45) is 0 Å². The fourth-order valence-corrected chi connectivity index (χ4v) is 1.16. The van der Waals surface area contributed by atoms with Gasteiger partial charge in [0, 0.05) is 19.0 Å². The minimum atomic E-state index is -4.19. The Morgan fingerprint density at radius 1 is 1.47 bits per heavy atom. The fourth-order valence-electron chi connectivity index (χ4n) is 1.02. The predicted octanol–water partition coefficient (Wildman–Crippen LogP) is 2.24. The molecule has 0 fully saturated rings. The van der Waals surface area contributed by atoms with Crippen molar-refractivity contribution in [2.45, 2.75) is 25.6 Å². The average molecular weight is 241 g/mol. The summed E-state index contributed by atoms with van der Waals surface area (Å²) in [6.45, 7) is -0.0114.